The van der Waals surface area contributed by atoms with Gasteiger partial charge >= 0.3 is 0 Å². The number of rotatable bonds is 5. The molecule has 2 N–H and O–H groups in total. The van der Waals surface area contributed by atoms with Crippen molar-refractivity contribution in [2.45, 2.75) is 26.3 Å². The molecule has 0 fully saturated rings. The van der Waals surface area contributed by atoms with E-state index < -0.39 is 0 Å². The molecule has 3 heterocycles. The minimum Gasteiger partial charge on any atom is -0.364 e. The van der Waals surface area contributed by atoms with Gasteiger partial charge in [0, 0.05) is 0 Å². The fourth-order valence-electron chi connectivity index (χ4n) is 2.92. The van der Waals surface area contributed by atoms with E-state index >= 15 is 0 Å². The monoisotopic (exact) mass is 351 g/mol. The molecule has 4 aromatic rings. The average molecular weight is 351 g/mol. The van der Waals surface area contributed by atoms with Gasteiger partial charge in [-0.3, -0.25) is 5.10 Å². The van der Waals surface area contributed by atoms with Crippen molar-refractivity contribution in [3.8, 4) is 5.69 Å². The normalized spacial score (nSPS) is 11.4. The molecule has 1 aromatic carbocycles. The molecule has 0 aliphatic heterocycles. The fraction of sp³-hybridized carbons (Fsp3) is 0.222. The second-order valence-electron chi connectivity index (χ2n) is 6.28. The van der Waals surface area contributed by atoms with E-state index in [0.29, 0.717) is 29.6 Å². The lowest BCUT2D eigenvalue weighted by Gasteiger charge is -2.09. The third-order valence-electron chi connectivity index (χ3n) is 4.25. The summed E-state index contributed by atoms with van der Waals surface area (Å²) in [5.41, 5.74) is 3.06. The number of aromatic amines is 1. The van der Waals surface area contributed by atoms with Crippen LogP contribution in [-0.4, -0.2) is 29.9 Å². The van der Waals surface area contributed by atoms with Crippen LogP contribution in [0.4, 0.5) is 10.2 Å². The van der Waals surface area contributed by atoms with Crippen LogP contribution in [0.3, 0.4) is 0 Å². The van der Waals surface area contributed by atoms with Gasteiger partial charge in [-0.2, -0.15) is 10.2 Å². The number of nitrogens with one attached hydrogen (secondary N) is 2. The second-order valence-corrected chi connectivity index (χ2v) is 6.28. The van der Waals surface area contributed by atoms with Gasteiger partial charge in [0.25, 0.3) is 0 Å². The number of aromatic nitrogens is 6. The largest absolute Gasteiger partial charge is 0.364 e. The van der Waals surface area contributed by atoms with E-state index in [1.165, 1.54) is 17.1 Å². The first-order valence-corrected chi connectivity index (χ1v) is 8.34. The Labute approximate surface area is 149 Å². The van der Waals surface area contributed by atoms with Crippen LogP contribution in [0.5, 0.6) is 0 Å². The standard InChI is InChI=1S/C18H18FN7/c1-11(2)12-7-23-25-15(12)9-20-17-13-8-24-26(18(13)22-10-21-17)16-6-4-3-5-14(16)19/h3-8,10-11H,9H2,1-2H3,(H,23,25)(H,20,21,22). The number of halogens is 1. The number of fused-ring (bicyclic) bond motifs is 1. The Morgan fingerprint density at radius 2 is 2.04 bits per heavy atom. The minimum atomic E-state index is -0.357. The van der Waals surface area contributed by atoms with Crippen LogP contribution in [0.15, 0.2) is 43.0 Å². The van der Waals surface area contributed by atoms with E-state index in [9.17, 15) is 4.39 Å². The number of hydrogen-bond donors (Lipinski definition) is 2. The lowest BCUT2D eigenvalue weighted by Crippen LogP contribution is -2.06. The third-order valence-corrected chi connectivity index (χ3v) is 4.25. The number of para-hydroxylation sites is 1. The van der Waals surface area contributed by atoms with Gasteiger partial charge in [-0.25, -0.2) is 19.0 Å². The van der Waals surface area contributed by atoms with Crippen molar-refractivity contribution in [1.82, 2.24) is 29.9 Å². The van der Waals surface area contributed by atoms with Gasteiger partial charge in [-0.05, 0) is 23.6 Å². The Bertz CT molecular complexity index is 1050. The molecule has 7 nitrogen and oxygen atoms in total. The molecule has 0 spiro atoms. The molecular formula is C18H18FN7. The molecule has 3 aromatic heterocycles. The zero-order valence-electron chi connectivity index (χ0n) is 14.4. The first-order chi connectivity index (χ1) is 12.6. The maximum Gasteiger partial charge on any atom is 0.168 e. The molecule has 132 valence electrons. The summed E-state index contributed by atoms with van der Waals surface area (Å²) in [7, 11) is 0. The molecule has 0 aliphatic carbocycles. The van der Waals surface area contributed by atoms with Crippen molar-refractivity contribution in [2.75, 3.05) is 5.32 Å². The predicted molar refractivity (Wildman–Crippen MR) is 96.6 cm³/mol. The van der Waals surface area contributed by atoms with E-state index in [0.717, 1.165) is 16.6 Å². The molecule has 0 saturated carbocycles. The molecule has 26 heavy (non-hydrogen) atoms. The Morgan fingerprint density at radius 1 is 1.19 bits per heavy atom. The molecule has 0 saturated heterocycles. The van der Waals surface area contributed by atoms with Crippen LogP contribution < -0.4 is 5.32 Å². The van der Waals surface area contributed by atoms with Crippen molar-refractivity contribution >= 4 is 16.9 Å². The summed E-state index contributed by atoms with van der Waals surface area (Å²) >= 11 is 0. The lowest BCUT2D eigenvalue weighted by molar-refractivity contribution is 0.612. The molecule has 0 radical (unpaired) electrons. The van der Waals surface area contributed by atoms with Gasteiger partial charge < -0.3 is 5.32 Å². The molecule has 0 aliphatic rings. The molecule has 0 unspecified atom stereocenters. The van der Waals surface area contributed by atoms with Crippen LogP contribution in [0.2, 0.25) is 0 Å². The summed E-state index contributed by atoms with van der Waals surface area (Å²) in [6.07, 6.45) is 4.92. The summed E-state index contributed by atoms with van der Waals surface area (Å²) in [4.78, 5) is 8.58. The first-order valence-electron chi connectivity index (χ1n) is 8.34. The number of H-pyrrole nitrogens is 1. The number of anilines is 1. The summed E-state index contributed by atoms with van der Waals surface area (Å²) < 4.78 is 15.6. The Morgan fingerprint density at radius 3 is 2.85 bits per heavy atom. The number of benzene rings is 1. The highest BCUT2D eigenvalue weighted by atomic mass is 19.1. The van der Waals surface area contributed by atoms with Crippen LogP contribution in [0, 0.1) is 5.82 Å². The van der Waals surface area contributed by atoms with Crippen LogP contribution in [0.25, 0.3) is 16.7 Å². The van der Waals surface area contributed by atoms with E-state index in [4.69, 9.17) is 0 Å². The molecule has 8 heteroatoms. The zero-order valence-corrected chi connectivity index (χ0v) is 14.4. The second kappa shape index (κ2) is 6.55. The van der Waals surface area contributed by atoms with Crippen molar-refractivity contribution < 1.29 is 4.39 Å². The molecule has 0 bridgehead atoms. The molecule has 4 rings (SSSR count). The summed E-state index contributed by atoms with van der Waals surface area (Å²) in [6.45, 7) is 4.79. The lowest BCUT2D eigenvalue weighted by atomic mass is 10.0. The van der Waals surface area contributed by atoms with E-state index in [-0.39, 0.29) is 5.82 Å². The highest BCUT2D eigenvalue weighted by Crippen LogP contribution is 2.24. The Hall–Kier alpha value is -3.29. The highest BCUT2D eigenvalue weighted by Gasteiger charge is 2.14. The van der Waals surface area contributed by atoms with Crippen LogP contribution >= 0.6 is 0 Å². The summed E-state index contributed by atoms with van der Waals surface area (Å²) in [5, 5.41) is 15.4. The number of nitrogens with zero attached hydrogens (tertiary/aromatic N) is 5. The predicted octanol–water partition coefficient (Wildman–Crippen LogP) is 3.41. The zero-order chi connectivity index (χ0) is 18.1. The van der Waals surface area contributed by atoms with Crippen molar-refractivity contribution in [2.24, 2.45) is 0 Å². The van der Waals surface area contributed by atoms with E-state index in [2.05, 4.69) is 44.4 Å². The van der Waals surface area contributed by atoms with Crippen molar-refractivity contribution in [3.05, 3.63) is 60.1 Å². The van der Waals surface area contributed by atoms with Gasteiger partial charge in [-0.1, -0.05) is 26.0 Å². The van der Waals surface area contributed by atoms with Crippen molar-refractivity contribution in [3.63, 3.8) is 0 Å². The maximum absolute atomic E-state index is 14.1. The van der Waals surface area contributed by atoms with Crippen molar-refractivity contribution in [1.29, 1.82) is 0 Å². The minimum absolute atomic E-state index is 0.350. The van der Waals surface area contributed by atoms with Gasteiger partial charge in [-0.15, -0.1) is 0 Å². The average Bonchev–Trinajstić information content (AvgIpc) is 3.27. The van der Waals surface area contributed by atoms with E-state index in [1.54, 1.807) is 24.4 Å². The van der Waals surface area contributed by atoms with Gasteiger partial charge in [0.2, 0.25) is 0 Å². The Balaban J connectivity index is 1.67. The smallest absolute Gasteiger partial charge is 0.168 e. The van der Waals surface area contributed by atoms with Gasteiger partial charge in [0.05, 0.1) is 30.0 Å². The molecule has 0 atom stereocenters. The SMILES string of the molecule is CC(C)c1cn[nH]c1CNc1ncnc2c1cnn2-c1ccccc1F. The molecule has 0 amide bonds. The highest BCUT2D eigenvalue weighted by molar-refractivity contribution is 5.87. The van der Waals surface area contributed by atoms with Crippen LogP contribution in [0.1, 0.15) is 31.0 Å². The fourth-order valence-corrected chi connectivity index (χ4v) is 2.92. The number of hydrogen-bond acceptors (Lipinski definition) is 5. The summed E-state index contributed by atoms with van der Waals surface area (Å²) in [5.74, 6) is 0.659. The Kier molecular flexibility index (Phi) is 4.08. The quantitative estimate of drug-likeness (QED) is 0.576. The van der Waals surface area contributed by atoms with Crippen LogP contribution in [-0.2, 0) is 6.54 Å². The maximum atomic E-state index is 14.1. The van der Waals surface area contributed by atoms with Gasteiger partial charge in [0.15, 0.2) is 5.65 Å². The summed E-state index contributed by atoms with van der Waals surface area (Å²) in [6, 6.07) is 6.46. The third kappa shape index (κ3) is 2.79. The first kappa shape index (κ1) is 16.2. The van der Waals surface area contributed by atoms with E-state index in [1.807, 2.05) is 6.20 Å². The topological polar surface area (TPSA) is 84.3 Å². The molecular weight excluding hydrogens is 333 g/mol. The van der Waals surface area contributed by atoms with Gasteiger partial charge in [0.1, 0.15) is 23.6 Å².